The number of amides is 2. The van der Waals surface area contributed by atoms with Crippen molar-refractivity contribution >= 4 is 23.3 Å². The van der Waals surface area contributed by atoms with Crippen LogP contribution in [0.5, 0.6) is 0 Å². The minimum Gasteiger partial charge on any atom is -0.368 e. The molecule has 0 atom stereocenters. The predicted molar refractivity (Wildman–Crippen MR) is 91.8 cm³/mol. The Balaban J connectivity index is 1.76. The van der Waals surface area contributed by atoms with Crippen molar-refractivity contribution in [2.75, 3.05) is 58.3 Å². The Kier molecular flexibility index (Phi) is 6.47. The van der Waals surface area contributed by atoms with Crippen LogP contribution in [0.3, 0.4) is 0 Å². The molecule has 1 aromatic rings. The molecule has 1 heterocycles. The van der Waals surface area contributed by atoms with Crippen LogP contribution in [0.2, 0.25) is 5.02 Å². The van der Waals surface area contributed by atoms with Gasteiger partial charge in [-0.25, -0.2) is 9.18 Å². The van der Waals surface area contributed by atoms with Crippen LogP contribution in [0.15, 0.2) is 18.2 Å². The first-order chi connectivity index (χ1) is 11.0. The van der Waals surface area contributed by atoms with E-state index in [0.717, 1.165) is 18.7 Å². The molecule has 128 valence electrons. The van der Waals surface area contributed by atoms with E-state index in [-0.39, 0.29) is 11.1 Å². The number of carbonyl (C=O) groups excluding carboxylic acids is 1. The monoisotopic (exact) mass is 342 g/mol. The first-order valence-corrected chi connectivity index (χ1v) is 8.22. The molecule has 0 aromatic heterocycles. The predicted octanol–water partition coefficient (Wildman–Crippen LogP) is 2.26. The number of hydrogen-bond acceptors (Lipinski definition) is 3. The van der Waals surface area contributed by atoms with Gasteiger partial charge in [-0.05, 0) is 45.3 Å². The smallest absolute Gasteiger partial charge is 0.317 e. The minimum atomic E-state index is -0.411. The highest BCUT2D eigenvalue weighted by Gasteiger charge is 2.21. The quantitative estimate of drug-likeness (QED) is 0.834. The number of rotatable bonds is 5. The fraction of sp³-hybridized carbons (Fsp3) is 0.562. The van der Waals surface area contributed by atoms with Crippen LogP contribution in [-0.2, 0) is 0 Å². The van der Waals surface area contributed by atoms with Gasteiger partial charge in [0.2, 0.25) is 0 Å². The lowest BCUT2D eigenvalue weighted by molar-refractivity contribution is 0.194. The topological polar surface area (TPSA) is 38.8 Å². The van der Waals surface area contributed by atoms with Crippen LogP contribution in [0.4, 0.5) is 14.9 Å². The van der Waals surface area contributed by atoms with Gasteiger partial charge in [-0.15, -0.1) is 0 Å². The average molecular weight is 343 g/mol. The third-order valence-corrected chi connectivity index (χ3v) is 4.18. The number of anilines is 1. The molecule has 0 bridgehead atoms. The maximum absolute atomic E-state index is 13.2. The van der Waals surface area contributed by atoms with Crippen molar-refractivity contribution in [3.8, 4) is 0 Å². The molecular weight excluding hydrogens is 319 g/mol. The number of hydrogen-bond donors (Lipinski definition) is 1. The molecule has 23 heavy (non-hydrogen) atoms. The lowest BCUT2D eigenvalue weighted by Crippen LogP contribution is -2.52. The molecule has 1 N–H and O–H groups in total. The minimum absolute atomic E-state index is 0.0134. The fourth-order valence-corrected chi connectivity index (χ4v) is 2.73. The van der Waals surface area contributed by atoms with E-state index in [9.17, 15) is 9.18 Å². The largest absolute Gasteiger partial charge is 0.368 e. The Morgan fingerprint density at radius 2 is 2.00 bits per heavy atom. The van der Waals surface area contributed by atoms with Crippen molar-refractivity contribution in [2.45, 2.75) is 6.42 Å². The molecule has 2 amide bonds. The molecule has 1 fully saturated rings. The van der Waals surface area contributed by atoms with Crippen LogP contribution >= 0.6 is 11.6 Å². The maximum Gasteiger partial charge on any atom is 0.317 e. The Morgan fingerprint density at radius 3 is 2.61 bits per heavy atom. The molecule has 7 heteroatoms. The molecule has 0 spiro atoms. The van der Waals surface area contributed by atoms with Crippen molar-refractivity contribution in [1.29, 1.82) is 0 Å². The van der Waals surface area contributed by atoms with Crippen molar-refractivity contribution in [2.24, 2.45) is 0 Å². The van der Waals surface area contributed by atoms with E-state index >= 15 is 0 Å². The van der Waals surface area contributed by atoms with E-state index in [2.05, 4.69) is 15.1 Å². The van der Waals surface area contributed by atoms with Crippen LogP contribution < -0.4 is 10.2 Å². The highest BCUT2D eigenvalue weighted by atomic mass is 35.5. The molecule has 1 aliphatic rings. The summed E-state index contributed by atoms with van der Waals surface area (Å²) in [5, 5.41) is 3.08. The van der Waals surface area contributed by atoms with Gasteiger partial charge < -0.3 is 20.0 Å². The third-order valence-electron chi connectivity index (χ3n) is 3.89. The van der Waals surface area contributed by atoms with Gasteiger partial charge in [0.15, 0.2) is 0 Å². The average Bonchev–Trinajstić information content (AvgIpc) is 2.54. The normalized spacial score (nSPS) is 15.2. The summed E-state index contributed by atoms with van der Waals surface area (Å²) in [6.07, 6.45) is 0.937. The second kappa shape index (κ2) is 8.36. The number of benzene rings is 1. The summed E-state index contributed by atoms with van der Waals surface area (Å²) in [6, 6.07) is 4.72. The molecule has 0 aliphatic carbocycles. The van der Waals surface area contributed by atoms with E-state index in [1.165, 1.54) is 6.07 Å². The van der Waals surface area contributed by atoms with Gasteiger partial charge in [0.25, 0.3) is 0 Å². The number of carbonyl (C=O) groups is 1. The molecular formula is C16H24ClFN4O. The van der Waals surface area contributed by atoms with Gasteiger partial charge >= 0.3 is 6.03 Å². The SMILES string of the molecule is CN(C)CCCNC(=O)N1CCN(c2ccc(F)c(Cl)c2)CC1. The van der Waals surface area contributed by atoms with Crippen molar-refractivity contribution in [3.05, 3.63) is 29.0 Å². The molecule has 5 nitrogen and oxygen atoms in total. The number of urea groups is 1. The summed E-state index contributed by atoms with van der Waals surface area (Å²) >= 11 is 5.83. The lowest BCUT2D eigenvalue weighted by Gasteiger charge is -2.36. The first kappa shape index (κ1) is 17.8. The molecule has 0 radical (unpaired) electrons. The molecule has 1 aromatic carbocycles. The van der Waals surface area contributed by atoms with Crippen molar-refractivity contribution in [1.82, 2.24) is 15.1 Å². The van der Waals surface area contributed by atoms with E-state index in [4.69, 9.17) is 11.6 Å². The summed E-state index contributed by atoms with van der Waals surface area (Å²) in [7, 11) is 4.03. The fourth-order valence-electron chi connectivity index (χ4n) is 2.55. The highest BCUT2D eigenvalue weighted by Crippen LogP contribution is 2.23. The van der Waals surface area contributed by atoms with Crippen molar-refractivity contribution < 1.29 is 9.18 Å². The second-order valence-corrected chi connectivity index (χ2v) is 6.37. The first-order valence-electron chi connectivity index (χ1n) is 7.85. The summed E-state index contributed by atoms with van der Waals surface area (Å²) in [5.74, 6) is -0.411. The Hall–Kier alpha value is -1.53. The van der Waals surface area contributed by atoms with E-state index in [1.54, 1.807) is 12.1 Å². The summed E-state index contributed by atoms with van der Waals surface area (Å²) in [4.78, 5) is 18.1. The highest BCUT2D eigenvalue weighted by molar-refractivity contribution is 6.31. The van der Waals surface area contributed by atoms with Crippen LogP contribution in [-0.4, -0.2) is 69.2 Å². The molecule has 1 aliphatic heterocycles. The Morgan fingerprint density at radius 1 is 1.30 bits per heavy atom. The van der Waals surface area contributed by atoms with Crippen molar-refractivity contribution in [3.63, 3.8) is 0 Å². The van der Waals surface area contributed by atoms with Crippen LogP contribution in [0.1, 0.15) is 6.42 Å². The Labute approximate surface area is 142 Å². The Bertz CT molecular complexity index is 533. The zero-order valence-electron chi connectivity index (χ0n) is 13.7. The number of halogens is 2. The number of nitrogens with zero attached hydrogens (tertiary/aromatic N) is 3. The number of nitrogens with one attached hydrogen (secondary N) is 1. The van der Waals surface area contributed by atoms with Gasteiger partial charge in [-0.2, -0.15) is 0 Å². The molecule has 0 saturated carbocycles. The number of piperazine rings is 1. The lowest BCUT2D eigenvalue weighted by atomic mass is 10.2. The third kappa shape index (κ3) is 5.25. The van der Waals surface area contributed by atoms with Gasteiger partial charge in [-0.1, -0.05) is 11.6 Å². The van der Waals surface area contributed by atoms with Gasteiger partial charge in [-0.3, -0.25) is 0 Å². The molecule has 0 unspecified atom stereocenters. The zero-order chi connectivity index (χ0) is 16.8. The van der Waals surface area contributed by atoms with E-state index in [1.807, 2.05) is 19.0 Å². The zero-order valence-corrected chi connectivity index (χ0v) is 14.4. The summed E-state index contributed by atoms with van der Waals surface area (Å²) in [5.41, 5.74) is 0.891. The molecule has 2 rings (SSSR count). The second-order valence-electron chi connectivity index (χ2n) is 5.96. The maximum atomic E-state index is 13.2. The summed E-state index contributed by atoms with van der Waals surface area (Å²) < 4.78 is 13.2. The van der Waals surface area contributed by atoms with Gasteiger partial charge in [0, 0.05) is 38.4 Å². The van der Waals surface area contributed by atoms with E-state index < -0.39 is 5.82 Å². The van der Waals surface area contributed by atoms with Gasteiger partial charge in [0.05, 0.1) is 5.02 Å². The van der Waals surface area contributed by atoms with E-state index in [0.29, 0.717) is 32.7 Å². The summed E-state index contributed by atoms with van der Waals surface area (Å²) in [6.45, 7) is 4.37. The molecule has 1 saturated heterocycles. The van der Waals surface area contributed by atoms with Crippen LogP contribution in [0, 0.1) is 5.82 Å². The van der Waals surface area contributed by atoms with Gasteiger partial charge in [0.1, 0.15) is 5.82 Å². The standard InChI is InChI=1S/C16H24ClFN4O/c1-20(2)7-3-6-19-16(23)22-10-8-21(9-11-22)13-4-5-15(18)14(17)12-13/h4-5,12H,3,6-11H2,1-2H3,(H,19,23). The van der Waals surface area contributed by atoms with Crippen LogP contribution in [0.25, 0.3) is 0 Å².